The van der Waals surface area contributed by atoms with Gasteiger partial charge in [0.15, 0.2) is 6.61 Å². The molecule has 22 heavy (non-hydrogen) atoms. The Hall–Kier alpha value is -2.55. The number of fused-ring (bicyclic) bond motifs is 1. The van der Waals surface area contributed by atoms with Gasteiger partial charge in [0, 0.05) is 20.3 Å². The Labute approximate surface area is 127 Å². The van der Waals surface area contributed by atoms with Gasteiger partial charge in [-0.25, -0.2) is 8.42 Å². The molecule has 116 valence electrons. The number of likely N-dealkylation sites (N-methyl/N-ethyl adjacent to an activating group) is 1. The number of aromatic nitrogens is 2. The molecule has 9 heteroatoms. The van der Waals surface area contributed by atoms with Crippen molar-refractivity contribution in [2.75, 3.05) is 23.3 Å². The topological polar surface area (TPSA) is 93.5 Å². The van der Waals surface area contributed by atoms with Gasteiger partial charge in [-0.2, -0.15) is 5.10 Å². The van der Waals surface area contributed by atoms with Gasteiger partial charge in [0.05, 0.1) is 22.5 Å². The smallest absolute Gasteiger partial charge is 0.264 e. The van der Waals surface area contributed by atoms with Gasteiger partial charge < -0.3 is 9.64 Å². The highest BCUT2D eigenvalue weighted by Crippen LogP contribution is 2.33. The SMILES string of the molecule is CN1C(=O)COc2ccc(S(=O)(=O)Nc3cnn(C)c3)cc21. The average Bonchev–Trinajstić information content (AvgIpc) is 2.87. The average molecular weight is 322 g/mol. The second kappa shape index (κ2) is 5.02. The number of benzene rings is 1. The van der Waals surface area contributed by atoms with E-state index in [1.54, 1.807) is 20.3 Å². The number of rotatable bonds is 3. The van der Waals surface area contributed by atoms with Crippen molar-refractivity contribution in [3.63, 3.8) is 0 Å². The zero-order valence-electron chi connectivity index (χ0n) is 12.0. The summed E-state index contributed by atoms with van der Waals surface area (Å²) < 4.78 is 34.0. The normalized spacial score (nSPS) is 14.5. The Balaban J connectivity index is 1.96. The fraction of sp³-hybridized carbons (Fsp3) is 0.231. The summed E-state index contributed by atoms with van der Waals surface area (Å²) in [6.07, 6.45) is 2.96. The first-order valence-corrected chi connectivity index (χ1v) is 7.90. The lowest BCUT2D eigenvalue weighted by molar-refractivity contribution is -0.120. The molecule has 1 aliphatic heterocycles. The first-order valence-electron chi connectivity index (χ1n) is 6.42. The van der Waals surface area contributed by atoms with Crippen LogP contribution < -0.4 is 14.4 Å². The number of sulfonamides is 1. The van der Waals surface area contributed by atoms with E-state index in [0.29, 0.717) is 17.1 Å². The van der Waals surface area contributed by atoms with Crippen LogP contribution in [-0.4, -0.2) is 37.8 Å². The maximum Gasteiger partial charge on any atom is 0.264 e. The highest BCUT2D eigenvalue weighted by Gasteiger charge is 2.25. The number of nitrogens with one attached hydrogen (secondary N) is 1. The largest absolute Gasteiger partial charge is 0.482 e. The Morgan fingerprint density at radius 3 is 2.77 bits per heavy atom. The third-order valence-electron chi connectivity index (χ3n) is 3.28. The molecule has 1 amide bonds. The van der Waals surface area contributed by atoms with Crippen LogP contribution in [0.4, 0.5) is 11.4 Å². The summed E-state index contributed by atoms with van der Waals surface area (Å²) in [5, 5.41) is 3.90. The van der Waals surface area contributed by atoms with E-state index in [4.69, 9.17) is 4.74 Å². The van der Waals surface area contributed by atoms with E-state index in [0.717, 1.165) is 0 Å². The van der Waals surface area contributed by atoms with Crippen molar-refractivity contribution < 1.29 is 17.9 Å². The Bertz CT molecular complexity index is 843. The van der Waals surface area contributed by atoms with Crippen LogP contribution in [0.5, 0.6) is 5.75 Å². The van der Waals surface area contributed by atoms with E-state index >= 15 is 0 Å². The van der Waals surface area contributed by atoms with Crippen LogP contribution in [0.3, 0.4) is 0 Å². The highest BCUT2D eigenvalue weighted by molar-refractivity contribution is 7.92. The Morgan fingerprint density at radius 2 is 2.09 bits per heavy atom. The molecule has 2 aromatic rings. The number of carbonyl (C=O) groups excluding carboxylic acids is 1. The minimum Gasteiger partial charge on any atom is -0.482 e. The second-order valence-electron chi connectivity index (χ2n) is 4.88. The number of hydrogen-bond donors (Lipinski definition) is 1. The second-order valence-corrected chi connectivity index (χ2v) is 6.56. The molecule has 0 spiro atoms. The molecule has 8 nitrogen and oxygen atoms in total. The minimum atomic E-state index is -3.77. The molecule has 0 fully saturated rings. The molecule has 1 aromatic heterocycles. The number of carbonyl (C=O) groups is 1. The number of anilines is 2. The van der Waals surface area contributed by atoms with Gasteiger partial charge in [-0.3, -0.25) is 14.2 Å². The lowest BCUT2D eigenvalue weighted by Crippen LogP contribution is -2.35. The Kier molecular flexibility index (Phi) is 3.28. The number of ether oxygens (including phenoxy) is 1. The zero-order chi connectivity index (χ0) is 15.9. The predicted molar refractivity (Wildman–Crippen MR) is 79.4 cm³/mol. The molecule has 1 aliphatic rings. The quantitative estimate of drug-likeness (QED) is 0.892. The molecule has 0 saturated heterocycles. The maximum atomic E-state index is 12.4. The lowest BCUT2D eigenvalue weighted by atomic mass is 10.2. The van der Waals surface area contributed by atoms with Crippen molar-refractivity contribution in [3.8, 4) is 5.75 Å². The summed E-state index contributed by atoms with van der Waals surface area (Å²) in [5.74, 6) is 0.240. The molecule has 3 rings (SSSR count). The molecule has 0 aliphatic carbocycles. The summed E-state index contributed by atoms with van der Waals surface area (Å²) in [6, 6.07) is 4.38. The van der Waals surface area contributed by atoms with Crippen molar-refractivity contribution >= 4 is 27.3 Å². The molecule has 0 unspecified atom stereocenters. The van der Waals surface area contributed by atoms with Crippen LogP contribution in [0.25, 0.3) is 0 Å². The molecular weight excluding hydrogens is 308 g/mol. The summed E-state index contributed by atoms with van der Waals surface area (Å²) in [7, 11) is -0.504. The summed E-state index contributed by atoms with van der Waals surface area (Å²) in [5.41, 5.74) is 0.784. The number of aryl methyl sites for hydroxylation is 1. The third-order valence-corrected chi connectivity index (χ3v) is 4.66. The monoisotopic (exact) mass is 322 g/mol. The van der Waals surface area contributed by atoms with Crippen molar-refractivity contribution in [1.29, 1.82) is 0 Å². The Morgan fingerprint density at radius 1 is 1.32 bits per heavy atom. The van der Waals surface area contributed by atoms with Gasteiger partial charge in [-0.05, 0) is 18.2 Å². The molecule has 1 N–H and O–H groups in total. The van der Waals surface area contributed by atoms with Crippen LogP contribution in [0, 0.1) is 0 Å². The summed E-state index contributed by atoms with van der Waals surface area (Å²) >= 11 is 0. The van der Waals surface area contributed by atoms with Crippen LogP contribution in [-0.2, 0) is 21.9 Å². The van der Waals surface area contributed by atoms with Gasteiger partial charge >= 0.3 is 0 Å². The number of nitrogens with zero attached hydrogens (tertiary/aromatic N) is 3. The predicted octanol–water partition coefficient (Wildman–Crippen LogP) is 0.576. The van der Waals surface area contributed by atoms with Crippen molar-refractivity contribution in [3.05, 3.63) is 30.6 Å². The first kappa shape index (κ1) is 14.4. The minimum absolute atomic E-state index is 0.0419. The van der Waals surface area contributed by atoms with E-state index < -0.39 is 10.0 Å². The molecule has 0 atom stereocenters. The summed E-state index contributed by atoms with van der Waals surface area (Å²) in [4.78, 5) is 13.1. The molecule has 0 bridgehead atoms. The summed E-state index contributed by atoms with van der Waals surface area (Å²) in [6.45, 7) is -0.0521. The van der Waals surface area contributed by atoms with Crippen LogP contribution in [0.15, 0.2) is 35.5 Å². The van der Waals surface area contributed by atoms with Gasteiger partial charge in [0.2, 0.25) is 0 Å². The van der Waals surface area contributed by atoms with E-state index in [-0.39, 0.29) is 17.4 Å². The van der Waals surface area contributed by atoms with Gasteiger partial charge in [-0.15, -0.1) is 0 Å². The van der Waals surface area contributed by atoms with Crippen molar-refractivity contribution in [1.82, 2.24) is 9.78 Å². The molecule has 0 saturated carbocycles. The maximum absolute atomic E-state index is 12.4. The van der Waals surface area contributed by atoms with Crippen LogP contribution in [0.2, 0.25) is 0 Å². The molecule has 1 aromatic carbocycles. The lowest BCUT2D eigenvalue weighted by Gasteiger charge is -2.26. The van der Waals surface area contributed by atoms with E-state index in [1.807, 2.05) is 0 Å². The number of amides is 1. The first-order chi connectivity index (χ1) is 10.4. The van der Waals surface area contributed by atoms with Gasteiger partial charge in [0.1, 0.15) is 5.75 Å². The van der Waals surface area contributed by atoms with E-state index in [2.05, 4.69) is 9.82 Å². The van der Waals surface area contributed by atoms with E-state index in [9.17, 15) is 13.2 Å². The molecule has 2 heterocycles. The highest BCUT2D eigenvalue weighted by atomic mass is 32.2. The third kappa shape index (κ3) is 2.50. The fourth-order valence-corrected chi connectivity index (χ4v) is 3.15. The van der Waals surface area contributed by atoms with Crippen LogP contribution >= 0.6 is 0 Å². The van der Waals surface area contributed by atoms with Crippen molar-refractivity contribution in [2.45, 2.75) is 4.90 Å². The molecular formula is C13H14N4O4S. The van der Waals surface area contributed by atoms with Crippen LogP contribution in [0.1, 0.15) is 0 Å². The van der Waals surface area contributed by atoms with Gasteiger partial charge in [0.25, 0.3) is 15.9 Å². The standard InChI is InChI=1S/C13H14N4O4S/c1-16-7-9(6-14-16)15-22(19,20)10-3-4-12-11(5-10)17(2)13(18)8-21-12/h3-7,15H,8H2,1-2H3. The molecule has 0 radical (unpaired) electrons. The zero-order valence-corrected chi connectivity index (χ0v) is 12.8. The number of hydrogen-bond acceptors (Lipinski definition) is 5. The fourth-order valence-electron chi connectivity index (χ4n) is 2.11. The van der Waals surface area contributed by atoms with Gasteiger partial charge in [-0.1, -0.05) is 0 Å². The van der Waals surface area contributed by atoms with Crippen molar-refractivity contribution in [2.24, 2.45) is 7.05 Å². The van der Waals surface area contributed by atoms with E-state index in [1.165, 1.54) is 34.0 Å².